The average Bonchev–Trinajstić information content (AvgIpc) is 2.45. The molecule has 1 aromatic heterocycles. The van der Waals surface area contributed by atoms with Crippen molar-refractivity contribution in [2.45, 2.75) is 18.4 Å². The van der Waals surface area contributed by atoms with E-state index < -0.39 is 0 Å². The van der Waals surface area contributed by atoms with Crippen LogP contribution in [0.3, 0.4) is 0 Å². The standard InChI is InChI=1S/C7H8ClNS/c8-5-3-6(10-4-5)7(9)1-2-7/h3-4H,1-2,9H2. The summed E-state index contributed by atoms with van der Waals surface area (Å²) in [6, 6.07) is 1.97. The molecule has 10 heavy (non-hydrogen) atoms. The van der Waals surface area contributed by atoms with Crippen LogP contribution in [0, 0.1) is 0 Å². The minimum absolute atomic E-state index is 0.00218. The summed E-state index contributed by atoms with van der Waals surface area (Å²) in [6.45, 7) is 0. The number of hydrogen-bond donors (Lipinski definition) is 1. The predicted molar refractivity (Wildman–Crippen MR) is 44.4 cm³/mol. The first-order chi connectivity index (χ1) is 4.71. The van der Waals surface area contributed by atoms with Crippen LogP contribution in [0.2, 0.25) is 5.02 Å². The Kier molecular flexibility index (Phi) is 1.31. The van der Waals surface area contributed by atoms with Crippen LogP contribution in [0.25, 0.3) is 0 Å². The normalized spacial score (nSPS) is 21.0. The van der Waals surface area contributed by atoms with Gasteiger partial charge in [0.2, 0.25) is 0 Å². The molecule has 1 aliphatic carbocycles. The van der Waals surface area contributed by atoms with Gasteiger partial charge >= 0.3 is 0 Å². The van der Waals surface area contributed by atoms with Crippen LogP contribution >= 0.6 is 22.9 Å². The monoisotopic (exact) mass is 173 g/mol. The number of halogens is 1. The Morgan fingerprint density at radius 3 is 2.70 bits per heavy atom. The third-order valence-corrected chi connectivity index (χ3v) is 3.34. The summed E-state index contributed by atoms with van der Waals surface area (Å²) >= 11 is 7.41. The number of nitrogens with two attached hydrogens (primary N) is 1. The van der Waals surface area contributed by atoms with E-state index in [1.54, 1.807) is 11.3 Å². The Morgan fingerprint density at radius 2 is 2.30 bits per heavy atom. The van der Waals surface area contributed by atoms with Gasteiger partial charge < -0.3 is 5.73 Å². The first-order valence-corrected chi connectivity index (χ1v) is 4.50. The predicted octanol–water partition coefficient (Wildman–Crippen LogP) is 2.35. The van der Waals surface area contributed by atoms with Gasteiger partial charge in [-0.05, 0) is 18.9 Å². The molecule has 0 saturated heterocycles. The van der Waals surface area contributed by atoms with Gasteiger partial charge in [-0.1, -0.05) is 11.6 Å². The molecule has 54 valence electrons. The Balaban J connectivity index is 2.34. The van der Waals surface area contributed by atoms with Crippen molar-refractivity contribution in [3.05, 3.63) is 21.3 Å². The van der Waals surface area contributed by atoms with Crippen molar-refractivity contribution in [2.24, 2.45) is 5.73 Å². The molecule has 1 aliphatic rings. The van der Waals surface area contributed by atoms with Gasteiger partial charge in [-0.15, -0.1) is 11.3 Å². The van der Waals surface area contributed by atoms with E-state index in [9.17, 15) is 0 Å². The molecule has 2 N–H and O–H groups in total. The zero-order chi connectivity index (χ0) is 7.19. The van der Waals surface area contributed by atoms with Crippen molar-refractivity contribution in [3.63, 3.8) is 0 Å². The van der Waals surface area contributed by atoms with E-state index in [0.29, 0.717) is 0 Å². The van der Waals surface area contributed by atoms with Crippen LogP contribution in [0.1, 0.15) is 17.7 Å². The van der Waals surface area contributed by atoms with Crippen LogP contribution < -0.4 is 5.73 Å². The maximum Gasteiger partial charge on any atom is 0.0516 e. The van der Waals surface area contributed by atoms with Crippen LogP contribution in [0.5, 0.6) is 0 Å². The smallest absolute Gasteiger partial charge is 0.0516 e. The van der Waals surface area contributed by atoms with Crippen LogP contribution in [-0.2, 0) is 5.54 Å². The van der Waals surface area contributed by atoms with Crippen molar-refractivity contribution in [1.29, 1.82) is 0 Å². The summed E-state index contributed by atoms with van der Waals surface area (Å²) in [6.07, 6.45) is 2.23. The highest BCUT2D eigenvalue weighted by Crippen LogP contribution is 2.45. The molecule has 0 atom stereocenters. The lowest BCUT2D eigenvalue weighted by atomic mass is 10.2. The second-order valence-corrected chi connectivity index (χ2v) is 4.13. The average molecular weight is 174 g/mol. The Labute approximate surface area is 68.8 Å². The van der Waals surface area contributed by atoms with Crippen molar-refractivity contribution >= 4 is 22.9 Å². The molecule has 3 heteroatoms. The maximum absolute atomic E-state index is 5.93. The fourth-order valence-corrected chi connectivity index (χ4v) is 2.20. The highest BCUT2D eigenvalue weighted by Gasteiger charge is 2.41. The third-order valence-electron chi connectivity index (χ3n) is 1.85. The molecule has 0 radical (unpaired) electrons. The van der Waals surface area contributed by atoms with Gasteiger partial charge in [0.05, 0.1) is 10.6 Å². The fourth-order valence-electron chi connectivity index (χ4n) is 0.955. The van der Waals surface area contributed by atoms with Crippen LogP contribution in [-0.4, -0.2) is 0 Å². The summed E-state index contributed by atoms with van der Waals surface area (Å²) in [5.74, 6) is 0. The molecule has 0 bridgehead atoms. The van der Waals surface area contributed by atoms with Crippen molar-refractivity contribution < 1.29 is 0 Å². The number of thiophene rings is 1. The zero-order valence-corrected chi connectivity index (χ0v) is 7.00. The van der Waals surface area contributed by atoms with E-state index in [4.69, 9.17) is 17.3 Å². The van der Waals surface area contributed by atoms with Gasteiger partial charge in [0.15, 0.2) is 0 Å². The number of rotatable bonds is 1. The highest BCUT2D eigenvalue weighted by molar-refractivity contribution is 7.10. The molecule has 1 heterocycles. The van der Waals surface area contributed by atoms with Gasteiger partial charge in [0, 0.05) is 10.3 Å². The summed E-state index contributed by atoms with van der Waals surface area (Å²) in [7, 11) is 0. The quantitative estimate of drug-likeness (QED) is 0.693. The molecule has 1 fully saturated rings. The lowest BCUT2D eigenvalue weighted by Crippen LogP contribution is -2.16. The largest absolute Gasteiger partial charge is 0.321 e. The van der Waals surface area contributed by atoms with Gasteiger partial charge in [0.25, 0.3) is 0 Å². The SMILES string of the molecule is NC1(c2cc(Cl)cs2)CC1. The van der Waals surface area contributed by atoms with E-state index in [0.717, 1.165) is 17.9 Å². The molecule has 0 aliphatic heterocycles. The number of hydrogen-bond acceptors (Lipinski definition) is 2. The summed E-state index contributed by atoms with van der Waals surface area (Å²) in [5, 5.41) is 2.75. The molecule has 1 aromatic rings. The van der Waals surface area contributed by atoms with Gasteiger partial charge in [-0.3, -0.25) is 0 Å². The first-order valence-electron chi connectivity index (χ1n) is 3.24. The Bertz CT molecular complexity index is 252. The Hall–Kier alpha value is -0.0500. The lowest BCUT2D eigenvalue weighted by molar-refractivity contribution is 0.759. The van der Waals surface area contributed by atoms with Gasteiger partial charge in [-0.25, -0.2) is 0 Å². The molecule has 0 amide bonds. The second kappa shape index (κ2) is 1.97. The van der Waals surface area contributed by atoms with Crippen molar-refractivity contribution in [2.75, 3.05) is 0 Å². The summed E-state index contributed by atoms with van der Waals surface area (Å²) in [5.41, 5.74) is 5.93. The topological polar surface area (TPSA) is 26.0 Å². The van der Waals surface area contributed by atoms with E-state index >= 15 is 0 Å². The molecule has 0 unspecified atom stereocenters. The lowest BCUT2D eigenvalue weighted by Gasteiger charge is -2.01. The zero-order valence-electron chi connectivity index (χ0n) is 5.43. The molecule has 0 spiro atoms. The van der Waals surface area contributed by atoms with E-state index in [2.05, 4.69) is 0 Å². The molecule has 1 saturated carbocycles. The highest BCUT2D eigenvalue weighted by atomic mass is 35.5. The molecule has 2 rings (SSSR count). The van der Waals surface area contributed by atoms with E-state index in [1.165, 1.54) is 4.88 Å². The third kappa shape index (κ3) is 0.965. The fraction of sp³-hybridized carbons (Fsp3) is 0.429. The van der Waals surface area contributed by atoms with Crippen LogP contribution in [0.4, 0.5) is 0 Å². The second-order valence-electron chi connectivity index (χ2n) is 2.79. The molecule has 0 aromatic carbocycles. The maximum atomic E-state index is 5.93. The van der Waals surface area contributed by atoms with Crippen molar-refractivity contribution in [1.82, 2.24) is 0 Å². The van der Waals surface area contributed by atoms with Crippen molar-refractivity contribution in [3.8, 4) is 0 Å². The molecular weight excluding hydrogens is 166 g/mol. The minimum Gasteiger partial charge on any atom is -0.321 e. The summed E-state index contributed by atoms with van der Waals surface area (Å²) < 4.78 is 0. The van der Waals surface area contributed by atoms with Crippen LogP contribution in [0.15, 0.2) is 11.4 Å². The summed E-state index contributed by atoms with van der Waals surface area (Å²) in [4.78, 5) is 1.23. The van der Waals surface area contributed by atoms with Gasteiger partial charge in [-0.2, -0.15) is 0 Å². The van der Waals surface area contributed by atoms with E-state index in [1.807, 2.05) is 11.4 Å². The molecule has 1 nitrogen and oxygen atoms in total. The minimum atomic E-state index is -0.00218. The van der Waals surface area contributed by atoms with Gasteiger partial charge in [0.1, 0.15) is 0 Å². The molecular formula is C7H8ClNS. The van der Waals surface area contributed by atoms with E-state index in [-0.39, 0.29) is 5.54 Å². The first kappa shape index (κ1) is 6.65. The Morgan fingerprint density at radius 1 is 1.60 bits per heavy atom.